The van der Waals surface area contributed by atoms with Gasteiger partial charge < -0.3 is 15.0 Å². The van der Waals surface area contributed by atoms with Crippen molar-refractivity contribution in [3.63, 3.8) is 0 Å². The van der Waals surface area contributed by atoms with Gasteiger partial charge in [0.05, 0.1) is 42.0 Å². The summed E-state index contributed by atoms with van der Waals surface area (Å²) in [4.78, 5) is 2.39. The fraction of sp³-hybridized carbons (Fsp3) is 0.500. The molecule has 1 aromatic heterocycles. The molecule has 0 saturated carbocycles. The number of ether oxygens (including phenoxy) is 1. The first-order valence-corrected chi connectivity index (χ1v) is 7.70. The van der Waals surface area contributed by atoms with Crippen LogP contribution in [0.25, 0.3) is 0 Å². The number of nitrogens with zero attached hydrogens (tertiary/aromatic N) is 4. The SMILES string of the molecule is C[C@@H]1CN(c2ccccc2NCc2cnnn2C)C[C@@H](C)O1. The van der Waals surface area contributed by atoms with Crippen molar-refractivity contribution in [2.24, 2.45) is 7.05 Å². The predicted octanol–water partition coefficient (Wildman–Crippen LogP) is 2.04. The number of aromatic nitrogens is 3. The van der Waals surface area contributed by atoms with E-state index in [0.29, 0.717) is 6.54 Å². The van der Waals surface area contributed by atoms with Crippen molar-refractivity contribution in [2.75, 3.05) is 23.3 Å². The lowest BCUT2D eigenvalue weighted by Crippen LogP contribution is -2.45. The molecule has 0 amide bonds. The minimum absolute atomic E-state index is 0.248. The number of anilines is 2. The lowest BCUT2D eigenvalue weighted by atomic mass is 10.1. The van der Waals surface area contributed by atoms with Crippen molar-refractivity contribution in [3.05, 3.63) is 36.2 Å². The molecule has 1 N–H and O–H groups in total. The first kappa shape index (κ1) is 14.8. The molecule has 0 unspecified atom stereocenters. The summed E-state index contributed by atoms with van der Waals surface area (Å²) in [5, 5.41) is 11.4. The molecule has 3 rings (SSSR count). The topological polar surface area (TPSA) is 55.2 Å². The first-order chi connectivity index (χ1) is 10.6. The van der Waals surface area contributed by atoms with Gasteiger partial charge >= 0.3 is 0 Å². The number of para-hydroxylation sites is 2. The lowest BCUT2D eigenvalue weighted by molar-refractivity contribution is -0.00517. The van der Waals surface area contributed by atoms with Gasteiger partial charge in [0, 0.05) is 20.1 Å². The zero-order valence-electron chi connectivity index (χ0n) is 13.4. The number of morpholine rings is 1. The van der Waals surface area contributed by atoms with Crippen LogP contribution in [0.3, 0.4) is 0 Å². The van der Waals surface area contributed by atoms with Crippen LogP contribution in [0.1, 0.15) is 19.5 Å². The number of hydrogen-bond acceptors (Lipinski definition) is 5. The second kappa shape index (κ2) is 6.36. The van der Waals surface area contributed by atoms with Gasteiger partial charge in [-0.15, -0.1) is 5.10 Å². The molecule has 1 aliphatic heterocycles. The van der Waals surface area contributed by atoms with Gasteiger partial charge in [-0.3, -0.25) is 4.68 Å². The van der Waals surface area contributed by atoms with Crippen LogP contribution >= 0.6 is 0 Å². The molecular formula is C16H23N5O. The van der Waals surface area contributed by atoms with Gasteiger partial charge in [-0.2, -0.15) is 0 Å². The Morgan fingerprint density at radius 3 is 2.64 bits per heavy atom. The fourth-order valence-electron chi connectivity index (χ4n) is 2.93. The fourth-order valence-corrected chi connectivity index (χ4v) is 2.93. The van der Waals surface area contributed by atoms with Crippen LogP contribution in [0.15, 0.2) is 30.5 Å². The van der Waals surface area contributed by atoms with E-state index in [-0.39, 0.29) is 12.2 Å². The zero-order valence-corrected chi connectivity index (χ0v) is 13.4. The molecule has 0 aliphatic carbocycles. The smallest absolute Gasteiger partial charge is 0.0774 e. The van der Waals surface area contributed by atoms with Crippen LogP contribution < -0.4 is 10.2 Å². The van der Waals surface area contributed by atoms with Gasteiger partial charge in [0.15, 0.2) is 0 Å². The summed E-state index contributed by atoms with van der Waals surface area (Å²) in [7, 11) is 1.90. The van der Waals surface area contributed by atoms with Crippen LogP contribution in [0, 0.1) is 0 Å². The van der Waals surface area contributed by atoms with Gasteiger partial charge in [0.25, 0.3) is 0 Å². The Hall–Kier alpha value is -2.08. The Bertz CT molecular complexity index is 617. The van der Waals surface area contributed by atoms with E-state index in [9.17, 15) is 0 Å². The maximum absolute atomic E-state index is 5.83. The molecule has 2 heterocycles. The largest absolute Gasteiger partial charge is 0.378 e. The van der Waals surface area contributed by atoms with E-state index in [1.54, 1.807) is 10.9 Å². The van der Waals surface area contributed by atoms with Crippen LogP contribution in [0.4, 0.5) is 11.4 Å². The van der Waals surface area contributed by atoms with Gasteiger partial charge in [-0.1, -0.05) is 17.3 Å². The summed E-state index contributed by atoms with van der Waals surface area (Å²) in [6.07, 6.45) is 2.28. The van der Waals surface area contributed by atoms with E-state index in [2.05, 4.69) is 58.6 Å². The Morgan fingerprint density at radius 2 is 1.95 bits per heavy atom. The highest BCUT2D eigenvalue weighted by Crippen LogP contribution is 2.28. The second-order valence-electron chi connectivity index (χ2n) is 5.88. The molecule has 22 heavy (non-hydrogen) atoms. The van der Waals surface area contributed by atoms with Crippen molar-refractivity contribution < 1.29 is 4.74 Å². The molecular weight excluding hydrogens is 278 g/mol. The third kappa shape index (κ3) is 3.22. The molecule has 6 nitrogen and oxygen atoms in total. The zero-order chi connectivity index (χ0) is 15.5. The maximum atomic E-state index is 5.83. The van der Waals surface area contributed by atoms with Gasteiger partial charge in [-0.25, -0.2) is 0 Å². The molecule has 118 valence electrons. The van der Waals surface area contributed by atoms with Crippen molar-refractivity contribution in [1.82, 2.24) is 15.0 Å². The number of nitrogens with one attached hydrogen (secondary N) is 1. The quantitative estimate of drug-likeness (QED) is 0.936. The van der Waals surface area contributed by atoms with E-state index in [1.807, 2.05) is 7.05 Å². The average Bonchev–Trinajstić information content (AvgIpc) is 2.90. The van der Waals surface area contributed by atoms with E-state index in [0.717, 1.165) is 24.5 Å². The summed E-state index contributed by atoms with van der Waals surface area (Å²) in [5.41, 5.74) is 3.41. The molecule has 0 bridgehead atoms. The summed E-state index contributed by atoms with van der Waals surface area (Å²) >= 11 is 0. The Morgan fingerprint density at radius 1 is 1.23 bits per heavy atom. The second-order valence-corrected chi connectivity index (χ2v) is 5.88. The van der Waals surface area contributed by atoms with Crippen molar-refractivity contribution in [3.8, 4) is 0 Å². The third-order valence-corrected chi connectivity index (χ3v) is 3.93. The number of rotatable bonds is 4. The van der Waals surface area contributed by atoms with Crippen molar-refractivity contribution in [2.45, 2.75) is 32.6 Å². The lowest BCUT2D eigenvalue weighted by Gasteiger charge is -2.37. The highest BCUT2D eigenvalue weighted by atomic mass is 16.5. The van der Waals surface area contributed by atoms with Gasteiger partial charge in [-0.05, 0) is 26.0 Å². The summed E-state index contributed by atoms with van der Waals surface area (Å²) in [6.45, 7) is 6.78. The molecule has 2 aromatic rings. The highest BCUT2D eigenvalue weighted by Gasteiger charge is 2.23. The molecule has 0 spiro atoms. The van der Waals surface area contributed by atoms with Crippen LogP contribution in [-0.4, -0.2) is 40.3 Å². The molecule has 1 fully saturated rings. The Kier molecular flexibility index (Phi) is 4.29. The maximum Gasteiger partial charge on any atom is 0.0774 e. The van der Waals surface area contributed by atoms with Crippen LogP contribution in [0.5, 0.6) is 0 Å². The standard InChI is InChI=1S/C16H23N5O/c1-12-10-21(11-13(2)22-12)16-7-5-4-6-15(16)17-8-14-9-18-19-20(14)3/h4-7,9,12-13,17H,8,10-11H2,1-3H3/t12-,13-/m1/s1. The summed E-state index contributed by atoms with van der Waals surface area (Å²) in [5.74, 6) is 0. The molecule has 1 aliphatic rings. The van der Waals surface area contributed by atoms with Crippen molar-refractivity contribution in [1.29, 1.82) is 0 Å². The number of aryl methyl sites for hydroxylation is 1. The van der Waals surface area contributed by atoms with E-state index >= 15 is 0 Å². The molecule has 0 radical (unpaired) electrons. The van der Waals surface area contributed by atoms with Crippen LogP contribution in [0.2, 0.25) is 0 Å². The van der Waals surface area contributed by atoms with Gasteiger partial charge in [0.1, 0.15) is 0 Å². The number of hydrogen-bond donors (Lipinski definition) is 1. The average molecular weight is 301 g/mol. The van der Waals surface area contributed by atoms with E-state index < -0.39 is 0 Å². The molecule has 6 heteroatoms. The molecule has 1 aromatic carbocycles. The predicted molar refractivity (Wildman–Crippen MR) is 87.0 cm³/mol. The van der Waals surface area contributed by atoms with Crippen molar-refractivity contribution >= 4 is 11.4 Å². The van der Waals surface area contributed by atoms with Crippen LogP contribution in [-0.2, 0) is 18.3 Å². The first-order valence-electron chi connectivity index (χ1n) is 7.70. The van der Waals surface area contributed by atoms with E-state index in [1.165, 1.54) is 5.69 Å². The Balaban J connectivity index is 1.76. The summed E-state index contributed by atoms with van der Waals surface area (Å²) in [6, 6.07) is 8.41. The minimum atomic E-state index is 0.248. The summed E-state index contributed by atoms with van der Waals surface area (Å²) < 4.78 is 7.62. The molecule has 1 saturated heterocycles. The number of benzene rings is 1. The highest BCUT2D eigenvalue weighted by molar-refractivity contribution is 5.70. The van der Waals surface area contributed by atoms with Gasteiger partial charge in [0.2, 0.25) is 0 Å². The third-order valence-electron chi connectivity index (χ3n) is 3.93. The normalized spacial score (nSPS) is 21.9. The minimum Gasteiger partial charge on any atom is -0.378 e. The monoisotopic (exact) mass is 301 g/mol. The Labute approximate surface area is 131 Å². The molecule has 2 atom stereocenters. The van der Waals surface area contributed by atoms with E-state index in [4.69, 9.17) is 4.74 Å².